The van der Waals surface area contributed by atoms with Gasteiger partial charge in [-0.15, -0.1) is 0 Å². The Balaban J connectivity index is 1.92. The molecule has 0 unspecified atom stereocenters. The van der Waals surface area contributed by atoms with Crippen LogP contribution >= 0.6 is 28.1 Å². The molecule has 1 atom stereocenters. The molecule has 0 bridgehead atoms. The normalized spacial score (nSPS) is 20.6. The highest BCUT2D eigenvalue weighted by molar-refractivity contribution is 9.10. The molecule has 96 valence electrons. The fraction of sp³-hybridized carbons (Fsp3) is 0.182. The fourth-order valence-corrected chi connectivity index (χ4v) is 3.47. The van der Waals surface area contributed by atoms with Crippen molar-refractivity contribution in [3.05, 3.63) is 40.2 Å². The predicted molar refractivity (Wildman–Crippen MR) is 80.2 cm³/mol. The largest absolute Gasteiger partial charge is 0.355 e. The zero-order valence-electron chi connectivity index (χ0n) is 9.26. The Kier molecular flexibility index (Phi) is 4.04. The Labute approximate surface area is 120 Å². The van der Waals surface area contributed by atoms with Gasteiger partial charge >= 0.3 is 0 Å². The Morgan fingerprint density at radius 2 is 2.22 bits per heavy atom. The molecule has 0 saturated heterocycles. The van der Waals surface area contributed by atoms with Crippen LogP contribution in [0.1, 0.15) is 0 Å². The maximum Gasteiger partial charge on any atom is 0.173 e. The van der Waals surface area contributed by atoms with Crippen molar-refractivity contribution in [3.8, 4) is 0 Å². The van der Waals surface area contributed by atoms with Gasteiger partial charge in [-0.05, 0) is 36.5 Å². The predicted octanol–water partition coefficient (Wildman–Crippen LogP) is 2.05. The Morgan fingerprint density at radius 3 is 2.83 bits per heavy atom. The van der Waals surface area contributed by atoms with E-state index in [0.717, 1.165) is 10.2 Å². The minimum absolute atomic E-state index is 0.0489. The first-order chi connectivity index (χ1) is 8.44. The van der Waals surface area contributed by atoms with Gasteiger partial charge in [-0.1, -0.05) is 22.0 Å². The zero-order valence-corrected chi connectivity index (χ0v) is 12.5. The van der Waals surface area contributed by atoms with Crippen LogP contribution in [-0.2, 0) is 9.84 Å². The van der Waals surface area contributed by atoms with Crippen molar-refractivity contribution in [2.45, 2.75) is 6.04 Å². The maximum absolute atomic E-state index is 11.2. The Morgan fingerprint density at radius 1 is 1.44 bits per heavy atom. The molecular formula is C11H11BrN2O2S2. The molecule has 1 heterocycles. The fourth-order valence-electron chi connectivity index (χ4n) is 1.57. The summed E-state index contributed by atoms with van der Waals surface area (Å²) in [6.45, 7) is 0. The van der Waals surface area contributed by atoms with Crippen molar-refractivity contribution in [3.63, 3.8) is 0 Å². The monoisotopic (exact) mass is 346 g/mol. The molecule has 2 N–H and O–H groups in total. The molecule has 0 amide bonds. The molecule has 1 aromatic rings. The van der Waals surface area contributed by atoms with E-state index in [1.54, 1.807) is 6.08 Å². The number of halogens is 1. The topological polar surface area (TPSA) is 58.2 Å². The molecule has 4 nitrogen and oxygen atoms in total. The molecule has 0 spiro atoms. The summed E-state index contributed by atoms with van der Waals surface area (Å²) in [5.74, 6) is 0.0489. The highest BCUT2D eigenvalue weighted by Crippen LogP contribution is 2.15. The molecular weight excluding hydrogens is 336 g/mol. The van der Waals surface area contributed by atoms with Crippen molar-refractivity contribution in [2.24, 2.45) is 0 Å². The van der Waals surface area contributed by atoms with Crippen LogP contribution in [-0.4, -0.2) is 25.3 Å². The maximum atomic E-state index is 11.2. The van der Waals surface area contributed by atoms with E-state index < -0.39 is 9.84 Å². The van der Waals surface area contributed by atoms with Gasteiger partial charge in [0, 0.05) is 15.6 Å². The molecule has 7 heteroatoms. The highest BCUT2D eigenvalue weighted by atomic mass is 79.9. The van der Waals surface area contributed by atoms with Crippen LogP contribution in [0.4, 0.5) is 5.69 Å². The summed E-state index contributed by atoms with van der Waals surface area (Å²) in [6.07, 6.45) is 1.60. The highest BCUT2D eigenvalue weighted by Gasteiger charge is 2.21. The Bertz CT molecular complexity index is 599. The first-order valence-corrected chi connectivity index (χ1v) is 8.10. The van der Waals surface area contributed by atoms with Gasteiger partial charge in [0.05, 0.1) is 11.8 Å². The summed E-state index contributed by atoms with van der Waals surface area (Å²) < 4.78 is 23.4. The lowest BCUT2D eigenvalue weighted by Crippen LogP contribution is -2.38. The standard InChI is InChI=1S/C11H11BrN2O2S2/c12-8-2-1-3-9(6-8)13-11(17)14-10-4-5-18(15,16)7-10/h1-6,10H,7H2,(H2,13,14,17)/t10-/m0/s1. The second kappa shape index (κ2) is 5.38. The smallest absolute Gasteiger partial charge is 0.173 e. The third-order valence-corrected chi connectivity index (χ3v) is 4.44. The van der Waals surface area contributed by atoms with Gasteiger partial charge < -0.3 is 10.6 Å². The van der Waals surface area contributed by atoms with E-state index in [9.17, 15) is 8.42 Å². The summed E-state index contributed by atoms with van der Waals surface area (Å²) in [6, 6.07) is 7.29. The van der Waals surface area contributed by atoms with Gasteiger partial charge in [0.15, 0.2) is 14.9 Å². The first-order valence-electron chi connectivity index (χ1n) is 5.19. The van der Waals surface area contributed by atoms with Gasteiger partial charge in [0.2, 0.25) is 0 Å². The van der Waals surface area contributed by atoms with Gasteiger partial charge in [-0.25, -0.2) is 8.42 Å². The summed E-state index contributed by atoms with van der Waals surface area (Å²) in [4.78, 5) is 0. The number of hydrogen-bond donors (Lipinski definition) is 2. The van der Waals surface area contributed by atoms with Gasteiger partial charge in [0.1, 0.15) is 0 Å². The van der Waals surface area contributed by atoms with E-state index in [4.69, 9.17) is 12.2 Å². The van der Waals surface area contributed by atoms with E-state index in [1.807, 2.05) is 24.3 Å². The van der Waals surface area contributed by atoms with Crippen LogP contribution in [0.15, 0.2) is 40.2 Å². The number of anilines is 1. The van der Waals surface area contributed by atoms with E-state index in [2.05, 4.69) is 26.6 Å². The van der Waals surface area contributed by atoms with Crippen LogP contribution in [0, 0.1) is 0 Å². The van der Waals surface area contributed by atoms with Crippen molar-refractivity contribution >= 4 is 48.8 Å². The molecule has 1 aliphatic rings. The van der Waals surface area contributed by atoms with Crippen LogP contribution < -0.4 is 10.6 Å². The average Bonchev–Trinajstić information content (AvgIpc) is 2.57. The van der Waals surface area contributed by atoms with Gasteiger partial charge in [-0.2, -0.15) is 0 Å². The number of benzene rings is 1. The molecule has 2 rings (SSSR count). The lowest BCUT2D eigenvalue weighted by atomic mass is 10.3. The van der Waals surface area contributed by atoms with E-state index in [0.29, 0.717) is 5.11 Å². The van der Waals surface area contributed by atoms with Crippen molar-refractivity contribution in [2.75, 3.05) is 11.1 Å². The van der Waals surface area contributed by atoms with Crippen molar-refractivity contribution < 1.29 is 8.42 Å². The number of sulfone groups is 1. The minimum Gasteiger partial charge on any atom is -0.355 e. The second-order valence-corrected chi connectivity index (χ2v) is 7.13. The minimum atomic E-state index is -3.06. The van der Waals surface area contributed by atoms with E-state index in [-0.39, 0.29) is 11.8 Å². The summed E-state index contributed by atoms with van der Waals surface area (Å²) >= 11 is 8.49. The molecule has 18 heavy (non-hydrogen) atoms. The summed E-state index contributed by atoms with van der Waals surface area (Å²) in [5.41, 5.74) is 0.840. The third kappa shape index (κ3) is 3.79. The lowest BCUT2D eigenvalue weighted by molar-refractivity contribution is 0.603. The SMILES string of the molecule is O=S1(=O)C=C[C@H](NC(=S)Nc2cccc(Br)c2)C1. The van der Waals surface area contributed by atoms with Crippen molar-refractivity contribution in [1.29, 1.82) is 0 Å². The van der Waals surface area contributed by atoms with Gasteiger partial charge in [0.25, 0.3) is 0 Å². The van der Waals surface area contributed by atoms with Crippen LogP contribution in [0.5, 0.6) is 0 Å². The van der Waals surface area contributed by atoms with Crippen LogP contribution in [0.2, 0.25) is 0 Å². The first kappa shape index (κ1) is 13.5. The van der Waals surface area contributed by atoms with Crippen LogP contribution in [0.3, 0.4) is 0 Å². The summed E-state index contributed by atoms with van der Waals surface area (Å²) in [7, 11) is -3.06. The molecule has 0 saturated carbocycles. The average molecular weight is 347 g/mol. The molecule has 0 aromatic heterocycles. The number of rotatable bonds is 2. The van der Waals surface area contributed by atoms with Crippen LogP contribution in [0.25, 0.3) is 0 Å². The summed E-state index contributed by atoms with van der Waals surface area (Å²) in [5, 5.41) is 7.56. The molecule has 0 radical (unpaired) electrons. The Hall–Kier alpha value is -0.920. The molecule has 0 aliphatic carbocycles. The third-order valence-electron chi connectivity index (χ3n) is 2.33. The second-order valence-electron chi connectivity index (χ2n) is 3.87. The molecule has 1 aromatic carbocycles. The number of nitrogens with one attached hydrogen (secondary N) is 2. The van der Waals surface area contributed by atoms with E-state index in [1.165, 1.54) is 5.41 Å². The van der Waals surface area contributed by atoms with E-state index >= 15 is 0 Å². The number of thiocarbonyl (C=S) groups is 1. The molecule has 0 fully saturated rings. The zero-order chi connectivity index (χ0) is 13.2. The van der Waals surface area contributed by atoms with Gasteiger partial charge in [-0.3, -0.25) is 0 Å². The van der Waals surface area contributed by atoms with Crippen molar-refractivity contribution in [1.82, 2.24) is 5.32 Å². The molecule has 1 aliphatic heterocycles. The quantitative estimate of drug-likeness (QED) is 0.802. The number of hydrogen-bond acceptors (Lipinski definition) is 3. The lowest BCUT2D eigenvalue weighted by Gasteiger charge is -2.14.